The summed E-state index contributed by atoms with van der Waals surface area (Å²) in [4.78, 5) is 11.7. The number of carbonyl (C=O) groups excluding carboxylic acids is 1. The molecule has 1 saturated carbocycles. The zero-order valence-corrected chi connectivity index (χ0v) is 12.1. The van der Waals surface area contributed by atoms with Crippen LogP contribution in [-0.2, 0) is 0 Å². The van der Waals surface area contributed by atoms with Gasteiger partial charge in [0.15, 0.2) is 0 Å². The fourth-order valence-electron chi connectivity index (χ4n) is 2.21. The number of aliphatic hydroxyl groups is 1. The minimum Gasteiger partial charge on any atom is -0.388 e. The van der Waals surface area contributed by atoms with E-state index in [1.807, 2.05) is 13.8 Å². The maximum absolute atomic E-state index is 11.7. The minimum atomic E-state index is -0.835. The fourth-order valence-corrected chi connectivity index (χ4v) is 2.21. The molecule has 4 atom stereocenters. The van der Waals surface area contributed by atoms with Crippen LogP contribution in [0.25, 0.3) is 0 Å². The number of urea groups is 1. The highest BCUT2D eigenvalue weighted by Gasteiger charge is 2.37. The van der Waals surface area contributed by atoms with Crippen LogP contribution in [0, 0.1) is 11.8 Å². The number of hydrogen-bond acceptors (Lipinski definition) is 2. The lowest BCUT2D eigenvalue weighted by molar-refractivity contribution is 0.00789. The quantitative estimate of drug-likeness (QED) is 0.654. The Morgan fingerprint density at radius 1 is 1.50 bits per heavy atom. The maximum Gasteiger partial charge on any atom is 0.315 e. The standard InChI is InChI=1S/C14H28N2O2/c1-5-7-11-8-12(11)16-13(17)15-9-14(4,18)10(3)6-2/h10-12,18H,5-9H2,1-4H3,(H2,15,16,17). The van der Waals surface area contributed by atoms with Crippen molar-refractivity contribution in [2.24, 2.45) is 11.8 Å². The van der Waals surface area contributed by atoms with E-state index in [-0.39, 0.29) is 11.9 Å². The highest BCUT2D eigenvalue weighted by atomic mass is 16.3. The lowest BCUT2D eigenvalue weighted by atomic mass is 9.89. The molecule has 0 aromatic carbocycles. The van der Waals surface area contributed by atoms with Gasteiger partial charge in [-0.3, -0.25) is 0 Å². The molecule has 18 heavy (non-hydrogen) atoms. The van der Waals surface area contributed by atoms with Crippen molar-refractivity contribution >= 4 is 6.03 Å². The van der Waals surface area contributed by atoms with Gasteiger partial charge >= 0.3 is 6.03 Å². The first kappa shape index (κ1) is 15.3. The molecule has 0 aliphatic heterocycles. The second-order valence-electron chi connectivity index (χ2n) is 5.88. The number of nitrogens with one attached hydrogen (secondary N) is 2. The number of amides is 2. The summed E-state index contributed by atoms with van der Waals surface area (Å²) in [5, 5.41) is 15.9. The van der Waals surface area contributed by atoms with E-state index in [4.69, 9.17) is 0 Å². The lowest BCUT2D eigenvalue weighted by Gasteiger charge is -2.29. The maximum atomic E-state index is 11.7. The zero-order valence-electron chi connectivity index (χ0n) is 12.1. The van der Waals surface area contributed by atoms with E-state index in [9.17, 15) is 9.90 Å². The second-order valence-corrected chi connectivity index (χ2v) is 5.88. The molecular weight excluding hydrogens is 228 g/mol. The Morgan fingerprint density at radius 3 is 2.72 bits per heavy atom. The molecule has 1 rings (SSSR count). The molecule has 4 unspecified atom stereocenters. The zero-order chi connectivity index (χ0) is 13.8. The summed E-state index contributed by atoms with van der Waals surface area (Å²) in [6, 6.07) is 0.195. The monoisotopic (exact) mass is 256 g/mol. The third-order valence-electron chi connectivity index (χ3n) is 4.18. The van der Waals surface area contributed by atoms with Gasteiger partial charge in [-0.25, -0.2) is 4.79 Å². The molecule has 1 aliphatic carbocycles. The average Bonchev–Trinajstić information content (AvgIpc) is 3.04. The average molecular weight is 256 g/mol. The summed E-state index contributed by atoms with van der Waals surface area (Å²) in [6.45, 7) is 8.28. The van der Waals surface area contributed by atoms with Crippen molar-refractivity contribution in [1.29, 1.82) is 0 Å². The predicted octanol–water partition coefficient (Wildman–Crippen LogP) is 2.27. The molecule has 0 aromatic heterocycles. The van der Waals surface area contributed by atoms with Gasteiger partial charge in [0.2, 0.25) is 0 Å². The van der Waals surface area contributed by atoms with Gasteiger partial charge in [0.05, 0.1) is 5.60 Å². The van der Waals surface area contributed by atoms with Crippen LogP contribution in [0.2, 0.25) is 0 Å². The Kier molecular flexibility index (Phi) is 5.45. The normalized spacial score (nSPS) is 27.2. The Hall–Kier alpha value is -0.770. The van der Waals surface area contributed by atoms with Crippen LogP contribution >= 0.6 is 0 Å². The molecule has 0 saturated heterocycles. The Labute approximate surface area is 111 Å². The van der Waals surface area contributed by atoms with Gasteiger partial charge in [0.25, 0.3) is 0 Å². The Bertz CT molecular complexity index is 279. The molecule has 0 spiro atoms. The summed E-state index contributed by atoms with van der Waals surface area (Å²) in [5.41, 5.74) is -0.835. The van der Waals surface area contributed by atoms with Crippen LogP contribution in [-0.4, -0.2) is 29.3 Å². The van der Waals surface area contributed by atoms with E-state index in [0.29, 0.717) is 18.5 Å². The molecule has 0 heterocycles. The largest absolute Gasteiger partial charge is 0.388 e. The van der Waals surface area contributed by atoms with Crippen molar-refractivity contribution in [3.63, 3.8) is 0 Å². The van der Waals surface area contributed by atoms with Crippen molar-refractivity contribution in [3.8, 4) is 0 Å². The van der Waals surface area contributed by atoms with Gasteiger partial charge in [-0.05, 0) is 31.6 Å². The van der Waals surface area contributed by atoms with Crippen LogP contribution in [0.15, 0.2) is 0 Å². The highest BCUT2D eigenvalue weighted by Crippen LogP contribution is 2.34. The Morgan fingerprint density at radius 2 is 2.17 bits per heavy atom. The Balaban J connectivity index is 2.21. The molecule has 0 aromatic rings. The van der Waals surface area contributed by atoms with Crippen LogP contribution in [0.4, 0.5) is 4.79 Å². The van der Waals surface area contributed by atoms with Crippen molar-refractivity contribution in [1.82, 2.24) is 10.6 Å². The van der Waals surface area contributed by atoms with Crippen molar-refractivity contribution in [2.75, 3.05) is 6.54 Å². The summed E-state index contributed by atoms with van der Waals surface area (Å²) in [5.74, 6) is 0.836. The molecule has 1 fully saturated rings. The van der Waals surface area contributed by atoms with Gasteiger partial charge in [-0.15, -0.1) is 0 Å². The lowest BCUT2D eigenvalue weighted by Crippen LogP contribution is -2.48. The molecule has 0 radical (unpaired) electrons. The summed E-state index contributed by atoms with van der Waals surface area (Å²) >= 11 is 0. The highest BCUT2D eigenvalue weighted by molar-refractivity contribution is 5.74. The number of hydrogen-bond donors (Lipinski definition) is 3. The number of rotatable bonds is 7. The first-order valence-corrected chi connectivity index (χ1v) is 7.17. The fraction of sp³-hybridized carbons (Fsp3) is 0.929. The smallest absolute Gasteiger partial charge is 0.315 e. The van der Waals surface area contributed by atoms with Crippen LogP contribution < -0.4 is 10.6 Å². The summed E-state index contributed by atoms with van der Waals surface area (Å²) in [6.07, 6.45) is 4.36. The minimum absolute atomic E-state index is 0.151. The number of carbonyl (C=O) groups is 1. The van der Waals surface area contributed by atoms with Crippen molar-refractivity contribution in [2.45, 2.75) is 65.0 Å². The van der Waals surface area contributed by atoms with Gasteiger partial charge in [0, 0.05) is 12.6 Å². The second kappa shape index (κ2) is 6.41. The van der Waals surface area contributed by atoms with E-state index < -0.39 is 5.60 Å². The van der Waals surface area contributed by atoms with E-state index in [2.05, 4.69) is 17.6 Å². The summed E-state index contributed by atoms with van der Waals surface area (Å²) < 4.78 is 0. The predicted molar refractivity (Wildman–Crippen MR) is 73.4 cm³/mol. The molecule has 2 amide bonds. The first-order valence-electron chi connectivity index (χ1n) is 7.17. The van der Waals surface area contributed by atoms with Gasteiger partial charge in [-0.2, -0.15) is 0 Å². The molecule has 106 valence electrons. The molecule has 3 N–H and O–H groups in total. The van der Waals surface area contributed by atoms with Crippen LogP contribution in [0.3, 0.4) is 0 Å². The topological polar surface area (TPSA) is 61.4 Å². The first-order chi connectivity index (χ1) is 8.40. The third kappa shape index (κ3) is 4.48. The van der Waals surface area contributed by atoms with E-state index in [1.54, 1.807) is 6.92 Å². The van der Waals surface area contributed by atoms with Gasteiger partial charge < -0.3 is 15.7 Å². The molecule has 4 heteroatoms. The molecule has 0 bridgehead atoms. The SMILES string of the molecule is CCCC1CC1NC(=O)NCC(C)(O)C(C)CC. The molecule has 1 aliphatic rings. The summed E-state index contributed by atoms with van der Waals surface area (Å²) in [7, 11) is 0. The van der Waals surface area contributed by atoms with Crippen LogP contribution in [0.5, 0.6) is 0 Å². The van der Waals surface area contributed by atoms with Gasteiger partial charge in [0.1, 0.15) is 0 Å². The van der Waals surface area contributed by atoms with E-state index in [1.165, 1.54) is 12.8 Å². The van der Waals surface area contributed by atoms with Crippen LogP contribution in [0.1, 0.15) is 53.4 Å². The van der Waals surface area contributed by atoms with E-state index >= 15 is 0 Å². The molecule has 4 nitrogen and oxygen atoms in total. The van der Waals surface area contributed by atoms with Crippen molar-refractivity contribution in [3.05, 3.63) is 0 Å². The third-order valence-corrected chi connectivity index (χ3v) is 4.18. The van der Waals surface area contributed by atoms with E-state index in [0.717, 1.165) is 12.8 Å². The van der Waals surface area contributed by atoms with Gasteiger partial charge in [-0.1, -0.05) is 33.6 Å². The van der Waals surface area contributed by atoms with Crippen molar-refractivity contribution < 1.29 is 9.90 Å². The molecular formula is C14H28N2O2.